The van der Waals surface area contributed by atoms with Crippen molar-refractivity contribution in [3.05, 3.63) is 23.6 Å². The highest BCUT2D eigenvalue weighted by molar-refractivity contribution is 5.42. The topological polar surface area (TPSA) is 36.4 Å². The molecule has 19 heavy (non-hydrogen) atoms. The van der Waals surface area contributed by atoms with Crippen molar-refractivity contribution < 1.29 is 9.50 Å². The van der Waals surface area contributed by atoms with Gasteiger partial charge in [-0.1, -0.05) is 20.8 Å². The molecule has 108 valence electrons. The van der Waals surface area contributed by atoms with E-state index in [9.17, 15) is 9.50 Å². The molecule has 0 unspecified atom stereocenters. The van der Waals surface area contributed by atoms with Gasteiger partial charge in [-0.15, -0.1) is 0 Å². The van der Waals surface area contributed by atoms with Crippen LogP contribution in [0.15, 0.2) is 12.3 Å². The second-order valence-corrected chi connectivity index (χ2v) is 4.95. The van der Waals surface area contributed by atoms with E-state index in [1.165, 1.54) is 6.07 Å². The molecule has 2 atom stereocenters. The smallest absolute Gasteiger partial charge is 0.166 e. The van der Waals surface area contributed by atoms with Gasteiger partial charge in [-0.05, 0) is 32.3 Å². The average molecular weight is 268 g/mol. The molecule has 0 aromatic carbocycles. The summed E-state index contributed by atoms with van der Waals surface area (Å²) in [7, 11) is 0. The molecule has 0 aliphatic carbocycles. The lowest BCUT2D eigenvalue weighted by atomic mass is 10.1. The fourth-order valence-electron chi connectivity index (χ4n) is 2.07. The van der Waals surface area contributed by atoms with Crippen LogP contribution >= 0.6 is 0 Å². The van der Waals surface area contributed by atoms with Crippen molar-refractivity contribution in [1.29, 1.82) is 0 Å². The first kappa shape index (κ1) is 15.9. The SMILES string of the molecule is CCCN(c1ncc([C@@H](O)CC)cc1F)[C@@H](C)CC. The number of aliphatic hydroxyl groups excluding tert-OH is 1. The van der Waals surface area contributed by atoms with Crippen molar-refractivity contribution in [3.8, 4) is 0 Å². The van der Waals surface area contributed by atoms with E-state index in [4.69, 9.17) is 0 Å². The third-order valence-electron chi connectivity index (χ3n) is 3.47. The Bertz CT molecular complexity index is 398. The molecule has 1 aromatic rings. The molecule has 0 aliphatic heterocycles. The fourth-order valence-corrected chi connectivity index (χ4v) is 2.07. The first-order valence-electron chi connectivity index (χ1n) is 7.15. The van der Waals surface area contributed by atoms with E-state index in [2.05, 4.69) is 25.8 Å². The van der Waals surface area contributed by atoms with Crippen molar-refractivity contribution >= 4 is 5.82 Å². The first-order valence-corrected chi connectivity index (χ1v) is 7.15. The summed E-state index contributed by atoms with van der Waals surface area (Å²) >= 11 is 0. The Morgan fingerprint density at radius 2 is 2.00 bits per heavy atom. The molecular weight excluding hydrogens is 243 g/mol. The van der Waals surface area contributed by atoms with Crippen molar-refractivity contribution in [2.24, 2.45) is 0 Å². The Morgan fingerprint density at radius 3 is 2.47 bits per heavy atom. The molecule has 3 nitrogen and oxygen atoms in total. The molecule has 1 heterocycles. The van der Waals surface area contributed by atoms with Gasteiger partial charge in [0.05, 0.1) is 6.10 Å². The summed E-state index contributed by atoms with van der Waals surface area (Å²) in [5.41, 5.74) is 0.546. The molecule has 0 aliphatic rings. The number of rotatable bonds is 7. The number of pyridine rings is 1. The minimum Gasteiger partial charge on any atom is -0.388 e. The Labute approximate surface area is 115 Å². The van der Waals surface area contributed by atoms with Crippen LogP contribution in [0, 0.1) is 5.82 Å². The molecule has 0 saturated heterocycles. The summed E-state index contributed by atoms with van der Waals surface area (Å²) in [6.07, 6.45) is 3.40. The van der Waals surface area contributed by atoms with Gasteiger partial charge in [-0.3, -0.25) is 0 Å². The third-order valence-corrected chi connectivity index (χ3v) is 3.47. The monoisotopic (exact) mass is 268 g/mol. The number of aromatic nitrogens is 1. The predicted octanol–water partition coefficient (Wildman–Crippen LogP) is 3.68. The molecule has 1 aromatic heterocycles. The van der Waals surface area contributed by atoms with Crippen molar-refractivity contribution in [3.63, 3.8) is 0 Å². The van der Waals surface area contributed by atoms with Crippen LogP contribution in [0.1, 0.15) is 58.6 Å². The van der Waals surface area contributed by atoms with Crippen LogP contribution in [0.25, 0.3) is 0 Å². The average Bonchev–Trinajstić information content (AvgIpc) is 2.43. The standard InChI is InChI=1S/C15H25FN2O/c1-5-8-18(11(4)6-2)15-13(16)9-12(10-17-15)14(19)7-3/h9-11,14,19H,5-8H2,1-4H3/t11-,14-/m0/s1. The van der Waals surface area contributed by atoms with Crippen molar-refractivity contribution in [1.82, 2.24) is 4.98 Å². The second-order valence-electron chi connectivity index (χ2n) is 4.95. The number of hydrogen-bond donors (Lipinski definition) is 1. The van der Waals surface area contributed by atoms with Gasteiger partial charge in [0.25, 0.3) is 0 Å². The number of anilines is 1. The zero-order chi connectivity index (χ0) is 14.4. The maximum atomic E-state index is 14.2. The highest BCUT2D eigenvalue weighted by Gasteiger charge is 2.19. The summed E-state index contributed by atoms with van der Waals surface area (Å²) in [6, 6.07) is 1.66. The fraction of sp³-hybridized carbons (Fsp3) is 0.667. The van der Waals surface area contributed by atoms with Gasteiger partial charge >= 0.3 is 0 Å². The normalized spacial score (nSPS) is 14.2. The predicted molar refractivity (Wildman–Crippen MR) is 76.8 cm³/mol. The van der Waals surface area contributed by atoms with Gasteiger partial charge in [0.2, 0.25) is 0 Å². The Kier molecular flexibility index (Phi) is 6.22. The maximum absolute atomic E-state index is 14.2. The van der Waals surface area contributed by atoms with Crippen LogP contribution in [-0.4, -0.2) is 22.7 Å². The largest absolute Gasteiger partial charge is 0.388 e. The van der Waals surface area contributed by atoms with E-state index >= 15 is 0 Å². The first-order chi connectivity index (χ1) is 9.04. The zero-order valence-electron chi connectivity index (χ0n) is 12.4. The number of halogens is 1. The Morgan fingerprint density at radius 1 is 1.32 bits per heavy atom. The molecule has 0 bridgehead atoms. The van der Waals surface area contributed by atoms with E-state index in [-0.39, 0.29) is 11.9 Å². The molecule has 4 heteroatoms. The van der Waals surface area contributed by atoms with E-state index in [0.717, 1.165) is 19.4 Å². The zero-order valence-corrected chi connectivity index (χ0v) is 12.4. The summed E-state index contributed by atoms with van der Waals surface area (Å²) in [5, 5.41) is 9.72. The van der Waals surface area contributed by atoms with Gasteiger partial charge in [0, 0.05) is 24.3 Å². The lowest BCUT2D eigenvalue weighted by Gasteiger charge is -2.29. The number of hydrogen-bond acceptors (Lipinski definition) is 3. The summed E-state index contributed by atoms with van der Waals surface area (Å²) in [6.45, 7) is 8.88. The van der Waals surface area contributed by atoms with E-state index < -0.39 is 6.10 Å². The molecule has 0 spiro atoms. The third kappa shape index (κ3) is 3.90. The summed E-state index contributed by atoms with van der Waals surface area (Å²) in [4.78, 5) is 6.22. The second kappa shape index (κ2) is 7.43. The lowest BCUT2D eigenvalue weighted by Crippen LogP contribution is -2.34. The van der Waals surface area contributed by atoms with Crippen LogP contribution in [0.3, 0.4) is 0 Å². The van der Waals surface area contributed by atoms with Gasteiger partial charge in [-0.25, -0.2) is 9.37 Å². The molecule has 1 rings (SSSR count). The molecule has 0 radical (unpaired) electrons. The summed E-state index contributed by atoms with van der Waals surface area (Å²) in [5.74, 6) is 0.0435. The Hall–Kier alpha value is -1.16. The van der Waals surface area contributed by atoms with E-state index in [1.54, 1.807) is 6.20 Å². The van der Waals surface area contributed by atoms with Crippen LogP contribution < -0.4 is 4.90 Å². The maximum Gasteiger partial charge on any atom is 0.166 e. The number of nitrogens with zero attached hydrogens (tertiary/aromatic N) is 2. The van der Waals surface area contributed by atoms with Crippen LogP contribution in [0.2, 0.25) is 0 Å². The van der Waals surface area contributed by atoms with Crippen molar-refractivity contribution in [2.75, 3.05) is 11.4 Å². The molecule has 0 saturated carbocycles. The van der Waals surface area contributed by atoms with Gasteiger partial charge in [0.1, 0.15) is 0 Å². The highest BCUT2D eigenvalue weighted by Crippen LogP contribution is 2.24. The van der Waals surface area contributed by atoms with E-state index in [0.29, 0.717) is 17.8 Å². The van der Waals surface area contributed by atoms with Crippen LogP contribution in [0.4, 0.5) is 10.2 Å². The summed E-state index contributed by atoms with van der Waals surface area (Å²) < 4.78 is 14.2. The molecule has 0 fully saturated rings. The molecule has 1 N–H and O–H groups in total. The lowest BCUT2D eigenvalue weighted by molar-refractivity contribution is 0.173. The quantitative estimate of drug-likeness (QED) is 0.819. The van der Waals surface area contributed by atoms with Crippen LogP contribution in [0.5, 0.6) is 0 Å². The highest BCUT2D eigenvalue weighted by atomic mass is 19.1. The molecular formula is C15H25FN2O. The minimum absolute atomic E-state index is 0.254. The number of aliphatic hydroxyl groups is 1. The molecule has 0 amide bonds. The van der Waals surface area contributed by atoms with Crippen molar-refractivity contribution in [2.45, 2.75) is 59.1 Å². The van der Waals surface area contributed by atoms with Crippen LogP contribution in [-0.2, 0) is 0 Å². The van der Waals surface area contributed by atoms with Gasteiger partial charge < -0.3 is 10.0 Å². The van der Waals surface area contributed by atoms with Gasteiger partial charge in [-0.2, -0.15) is 0 Å². The van der Waals surface area contributed by atoms with E-state index in [1.807, 2.05) is 11.8 Å². The minimum atomic E-state index is -0.640. The Balaban J connectivity index is 3.04. The van der Waals surface area contributed by atoms with Gasteiger partial charge in [0.15, 0.2) is 11.6 Å².